The van der Waals surface area contributed by atoms with Gasteiger partial charge < -0.3 is 5.11 Å². The number of benzene rings is 1. The molecule has 0 aliphatic carbocycles. The Morgan fingerprint density at radius 2 is 2.00 bits per heavy atom. The van der Waals surface area contributed by atoms with Gasteiger partial charge in [-0.25, -0.2) is 23.1 Å². The minimum Gasteiger partial charge on any atom is -0.395 e. The average molecular weight is 364 g/mol. The molecule has 9 heteroatoms. The Morgan fingerprint density at radius 3 is 2.75 bits per heavy atom. The lowest BCUT2D eigenvalue weighted by molar-refractivity contribution is 0.319. The zero-order valence-electron chi connectivity index (χ0n) is 12.7. The van der Waals surface area contributed by atoms with Crippen LogP contribution in [0.3, 0.4) is 0 Å². The first kappa shape index (κ1) is 16.7. The molecule has 0 aliphatic heterocycles. The Bertz CT molecular complexity index is 904. The van der Waals surface area contributed by atoms with Crippen molar-refractivity contribution in [3.63, 3.8) is 0 Å². The minimum absolute atomic E-state index is 0.267. The molecule has 2 aromatic heterocycles. The highest BCUT2D eigenvalue weighted by Crippen LogP contribution is 2.15. The smallest absolute Gasteiger partial charge is 0.266 e. The van der Waals surface area contributed by atoms with E-state index < -0.39 is 16.4 Å². The third kappa shape index (κ3) is 4.05. The quantitative estimate of drug-likeness (QED) is 0.675. The highest BCUT2D eigenvalue weighted by molar-refractivity contribution is 7.91. The molecule has 0 amide bonds. The van der Waals surface area contributed by atoms with Crippen molar-refractivity contribution in [3.8, 4) is 0 Å². The summed E-state index contributed by atoms with van der Waals surface area (Å²) in [6.45, 7) is -0.0985. The van der Waals surface area contributed by atoms with Gasteiger partial charge in [0, 0.05) is 11.8 Å². The second-order valence-corrected chi connectivity index (χ2v) is 8.11. The molecule has 0 saturated heterocycles. The van der Waals surface area contributed by atoms with E-state index in [0.717, 1.165) is 17.1 Å². The molecule has 3 aromatic rings. The van der Waals surface area contributed by atoms with Crippen molar-refractivity contribution in [2.45, 2.75) is 18.1 Å². The van der Waals surface area contributed by atoms with Gasteiger partial charge >= 0.3 is 0 Å². The van der Waals surface area contributed by atoms with E-state index in [4.69, 9.17) is 5.11 Å². The molecule has 0 spiro atoms. The molecule has 0 atom stereocenters. The van der Waals surface area contributed by atoms with E-state index in [2.05, 4.69) is 27.2 Å². The van der Waals surface area contributed by atoms with Crippen molar-refractivity contribution >= 4 is 21.2 Å². The Morgan fingerprint density at radius 1 is 1.21 bits per heavy atom. The number of aromatic nitrogens is 4. The van der Waals surface area contributed by atoms with E-state index in [1.807, 2.05) is 23.6 Å². The van der Waals surface area contributed by atoms with E-state index in [1.165, 1.54) is 16.6 Å². The van der Waals surface area contributed by atoms with Gasteiger partial charge in [0.2, 0.25) is 9.84 Å². The van der Waals surface area contributed by atoms with Crippen LogP contribution in [0.15, 0.2) is 47.2 Å². The number of nitrogens with zero attached hydrogens (tertiary/aromatic N) is 4. The van der Waals surface area contributed by atoms with Crippen LogP contribution in [-0.2, 0) is 22.8 Å². The molecular weight excluding hydrogens is 348 g/mol. The van der Waals surface area contributed by atoms with E-state index in [0.29, 0.717) is 6.54 Å². The minimum atomic E-state index is -3.63. The zero-order valence-corrected chi connectivity index (χ0v) is 14.4. The fourth-order valence-electron chi connectivity index (χ4n) is 2.15. The van der Waals surface area contributed by atoms with Crippen molar-refractivity contribution in [3.05, 3.63) is 58.3 Å². The van der Waals surface area contributed by atoms with Crippen LogP contribution in [0, 0.1) is 0 Å². The molecule has 126 valence electrons. The van der Waals surface area contributed by atoms with Crippen LogP contribution in [0.5, 0.6) is 0 Å². The predicted octanol–water partition coefficient (Wildman–Crippen LogP) is 1.14. The Kier molecular flexibility index (Phi) is 5.03. The summed E-state index contributed by atoms with van der Waals surface area (Å²) in [7, 11) is -3.63. The van der Waals surface area contributed by atoms with E-state index in [1.54, 1.807) is 11.3 Å². The summed E-state index contributed by atoms with van der Waals surface area (Å²) in [6.07, 6.45) is 2.12. The average Bonchev–Trinajstić information content (AvgIpc) is 3.19. The topological polar surface area (TPSA) is 98.0 Å². The molecule has 0 radical (unpaired) electrons. The predicted molar refractivity (Wildman–Crippen MR) is 89.6 cm³/mol. The molecule has 3 rings (SSSR count). The van der Waals surface area contributed by atoms with E-state index >= 15 is 0 Å². The van der Waals surface area contributed by atoms with Gasteiger partial charge in [0.05, 0.1) is 29.6 Å². The van der Waals surface area contributed by atoms with Crippen LogP contribution in [-0.4, -0.2) is 45.6 Å². The summed E-state index contributed by atoms with van der Waals surface area (Å²) in [4.78, 5) is 8.35. The summed E-state index contributed by atoms with van der Waals surface area (Å²) in [5.41, 5.74) is 2.00. The number of aliphatic hydroxyl groups excluding tert-OH is 1. The molecule has 0 unspecified atom stereocenters. The molecule has 24 heavy (non-hydrogen) atoms. The molecule has 2 heterocycles. The Labute approximate surface area is 143 Å². The Hall–Kier alpha value is -2.10. The first-order valence-corrected chi connectivity index (χ1v) is 9.80. The standard InChI is InChI=1S/C15H16N4O3S2/c20-6-7-24(21,22)15-16-11-19(18-15)9-13-10-23-14(17-13)8-12-4-2-1-3-5-12/h1-5,10-11,20H,6-9H2. The zero-order chi connectivity index (χ0) is 17.0. The van der Waals surface area contributed by atoms with Gasteiger partial charge in [0.1, 0.15) is 6.33 Å². The lowest BCUT2D eigenvalue weighted by Crippen LogP contribution is -2.12. The lowest BCUT2D eigenvalue weighted by atomic mass is 10.2. The molecule has 0 bridgehead atoms. The SMILES string of the molecule is O=S(=O)(CCO)c1ncn(Cc2csc(Cc3ccccc3)n2)n1. The number of hydrogen-bond donors (Lipinski definition) is 1. The van der Waals surface area contributed by atoms with Gasteiger partial charge in [-0.15, -0.1) is 16.4 Å². The van der Waals surface area contributed by atoms with E-state index in [-0.39, 0.29) is 10.9 Å². The van der Waals surface area contributed by atoms with Gasteiger partial charge in [0.25, 0.3) is 5.16 Å². The number of thiazole rings is 1. The maximum atomic E-state index is 11.8. The number of rotatable bonds is 7. The first-order chi connectivity index (χ1) is 11.6. The third-order valence-electron chi connectivity index (χ3n) is 3.28. The molecule has 1 N–H and O–H groups in total. The van der Waals surface area contributed by atoms with Crippen molar-refractivity contribution in [2.75, 3.05) is 12.4 Å². The molecule has 1 aromatic carbocycles. The van der Waals surface area contributed by atoms with Crippen LogP contribution in [0.2, 0.25) is 0 Å². The van der Waals surface area contributed by atoms with Crippen LogP contribution in [0.1, 0.15) is 16.3 Å². The summed E-state index contributed by atoms with van der Waals surface area (Å²) in [5.74, 6) is -0.380. The fourth-order valence-corrected chi connectivity index (χ4v) is 3.83. The monoisotopic (exact) mass is 364 g/mol. The van der Waals surface area contributed by atoms with Crippen molar-refractivity contribution in [1.29, 1.82) is 0 Å². The number of sulfone groups is 1. The highest BCUT2D eigenvalue weighted by Gasteiger charge is 2.19. The molecule has 0 fully saturated rings. The Balaban J connectivity index is 1.68. The highest BCUT2D eigenvalue weighted by atomic mass is 32.2. The van der Waals surface area contributed by atoms with Gasteiger partial charge in [0.15, 0.2) is 0 Å². The summed E-state index contributed by atoms with van der Waals surface area (Å²) in [5, 5.41) is 15.4. The number of aliphatic hydroxyl groups is 1. The summed E-state index contributed by atoms with van der Waals surface area (Å²) in [6, 6.07) is 10.1. The third-order valence-corrected chi connectivity index (χ3v) is 5.64. The normalized spacial score (nSPS) is 11.7. The van der Waals surface area contributed by atoms with Gasteiger partial charge in [-0.05, 0) is 5.56 Å². The van der Waals surface area contributed by atoms with Gasteiger partial charge in [-0.1, -0.05) is 30.3 Å². The van der Waals surface area contributed by atoms with Crippen molar-refractivity contribution in [1.82, 2.24) is 19.7 Å². The largest absolute Gasteiger partial charge is 0.395 e. The number of hydrogen-bond acceptors (Lipinski definition) is 7. The van der Waals surface area contributed by atoms with E-state index in [9.17, 15) is 8.42 Å². The molecule has 0 aliphatic rings. The first-order valence-electron chi connectivity index (χ1n) is 7.27. The summed E-state index contributed by atoms with van der Waals surface area (Å²) < 4.78 is 25.0. The van der Waals surface area contributed by atoms with Crippen LogP contribution >= 0.6 is 11.3 Å². The molecule has 7 nitrogen and oxygen atoms in total. The summed E-state index contributed by atoms with van der Waals surface area (Å²) >= 11 is 1.56. The maximum absolute atomic E-state index is 11.8. The van der Waals surface area contributed by atoms with Crippen molar-refractivity contribution < 1.29 is 13.5 Å². The van der Waals surface area contributed by atoms with Gasteiger partial charge in [-0.2, -0.15) is 0 Å². The second kappa shape index (κ2) is 7.20. The van der Waals surface area contributed by atoms with Crippen LogP contribution in [0.25, 0.3) is 0 Å². The maximum Gasteiger partial charge on any atom is 0.266 e. The van der Waals surface area contributed by atoms with Gasteiger partial charge in [-0.3, -0.25) is 0 Å². The van der Waals surface area contributed by atoms with Crippen LogP contribution < -0.4 is 0 Å². The van der Waals surface area contributed by atoms with Crippen LogP contribution in [0.4, 0.5) is 0 Å². The van der Waals surface area contributed by atoms with Crippen molar-refractivity contribution in [2.24, 2.45) is 0 Å². The molecule has 0 saturated carbocycles. The molecular formula is C15H16N4O3S2. The lowest BCUT2D eigenvalue weighted by Gasteiger charge is -1.98. The second-order valence-electron chi connectivity index (χ2n) is 5.16. The fraction of sp³-hybridized carbons (Fsp3) is 0.267.